The first kappa shape index (κ1) is 31.5. The lowest BCUT2D eigenvalue weighted by Crippen LogP contribution is -2.57. The van der Waals surface area contributed by atoms with Crippen molar-refractivity contribution in [1.82, 2.24) is 4.90 Å². The standard InChI is InChI=1S/C40H39N3O5/c1-3-23-41(30-17-9-6-10-18-30)37(45)34-33-21-22-40(48-33)35(34)38(46)43(32(26-44)28-14-7-5-8-15-28)36(40)39(47)42(24-4-2)31-20-19-27-13-11-12-16-29(27)25-31/h3-20,25,32-36,44H,1-2,21-24,26H2/t32-,33-,34+,35+,36?,40?/m1/s1. The molecule has 1 spiro atoms. The zero-order valence-electron chi connectivity index (χ0n) is 26.7. The van der Waals surface area contributed by atoms with Crippen LogP contribution in [0.4, 0.5) is 11.4 Å². The van der Waals surface area contributed by atoms with Gasteiger partial charge in [0, 0.05) is 24.5 Å². The first-order valence-electron chi connectivity index (χ1n) is 16.5. The number of benzene rings is 4. The number of aliphatic hydroxyl groups excluding tert-OH is 1. The van der Waals surface area contributed by atoms with Gasteiger partial charge in [-0.25, -0.2) is 0 Å². The van der Waals surface area contributed by atoms with E-state index in [4.69, 9.17) is 4.74 Å². The molecule has 7 rings (SSSR count). The molecule has 3 amide bonds. The minimum absolute atomic E-state index is 0.193. The average molecular weight is 642 g/mol. The molecule has 2 unspecified atom stereocenters. The molecule has 4 aromatic carbocycles. The summed E-state index contributed by atoms with van der Waals surface area (Å²) >= 11 is 0. The summed E-state index contributed by atoms with van der Waals surface area (Å²) in [6.45, 7) is 7.85. The Kier molecular flexibility index (Phi) is 8.45. The van der Waals surface area contributed by atoms with Crippen LogP contribution < -0.4 is 9.80 Å². The van der Waals surface area contributed by atoms with Gasteiger partial charge >= 0.3 is 0 Å². The Labute approximate surface area is 280 Å². The van der Waals surface area contributed by atoms with Gasteiger partial charge in [0.05, 0.1) is 30.6 Å². The number of rotatable bonds is 11. The fourth-order valence-electron chi connectivity index (χ4n) is 8.20. The Morgan fingerprint density at radius 3 is 2.15 bits per heavy atom. The lowest BCUT2D eigenvalue weighted by atomic mass is 9.70. The van der Waals surface area contributed by atoms with Crippen molar-refractivity contribution >= 4 is 39.9 Å². The van der Waals surface area contributed by atoms with E-state index < -0.39 is 42.2 Å². The summed E-state index contributed by atoms with van der Waals surface area (Å²) in [5, 5.41) is 12.9. The van der Waals surface area contributed by atoms with Crippen LogP contribution in [0.1, 0.15) is 24.4 Å². The Bertz CT molecular complexity index is 1860. The predicted molar refractivity (Wildman–Crippen MR) is 186 cm³/mol. The molecule has 3 aliphatic rings. The number of aliphatic hydroxyl groups is 1. The van der Waals surface area contributed by atoms with Gasteiger partial charge in [-0.1, -0.05) is 91.0 Å². The van der Waals surface area contributed by atoms with Gasteiger partial charge in [-0.3, -0.25) is 14.4 Å². The van der Waals surface area contributed by atoms with E-state index in [2.05, 4.69) is 13.2 Å². The monoisotopic (exact) mass is 641 g/mol. The number of amides is 3. The van der Waals surface area contributed by atoms with Gasteiger partial charge in [0.15, 0.2) is 0 Å². The van der Waals surface area contributed by atoms with E-state index in [1.807, 2.05) is 103 Å². The molecule has 48 heavy (non-hydrogen) atoms. The van der Waals surface area contributed by atoms with Crippen molar-refractivity contribution in [3.63, 3.8) is 0 Å². The summed E-state index contributed by atoms with van der Waals surface area (Å²) in [6, 6.07) is 30.4. The minimum atomic E-state index is -1.26. The number of carbonyl (C=O) groups is 3. The molecule has 8 nitrogen and oxygen atoms in total. The highest BCUT2D eigenvalue weighted by atomic mass is 16.5. The van der Waals surface area contributed by atoms with E-state index in [-0.39, 0.29) is 30.8 Å². The molecule has 1 N–H and O–H groups in total. The van der Waals surface area contributed by atoms with E-state index in [1.165, 1.54) is 4.90 Å². The van der Waals surface area contributed by atoms with Crippen LogP contribution in [0.25, 0.3) is 10.8 Å². The summed E-state index contributed by atoms with van der Waals surface area (Å²) < 4.78 is 6.79. The summed E-state index contributed by atoms with van der Waals surface area (Å²) in [4.78, 5) is 49.4. The van der Waals surface area contributed by atoms with Crippen molar-refractivity contribution in [1.29, 1.82) is 0 Å². The molecule has 8 heteroatoms. The zero-order valence-corrected chi connectivity index (χ0v) is 26.7. The second-order valence-electron chi connectivity index (χ2n) is 12.8. The van der Waals surface area contributed by atoms with Gasteiger partial charge in [0.1, 0.15) is 11.6 Å². The van der Waals surface area contributed by atoms with Crippen molar-refractivity contribution in [2.24, 2.45) is 11.8 Å². The molecular weight excluding hydrogens is 602 g/mol. The smallest absolute Gasteiger partial charge is 0.253 e. The number of anilines is 2. The first-order chi connectivity index (χ1) is 23.4. The Morgan fingerprint density at radius 2 is 1.48 bits per heavy atom. The maximum Gasteiger partial charge on any atom is 0.253 e. The van der Waals surface area contributed by atoms with Crippen LogP contribution in [0.15, 0.2) is 128 Å². The normalized spacial score (nSPS) is 24.7. The maximum absolute atomic E-state index is 15.2. The van der Waals surface area contributed by atoms with Gasteiger partial charge in [-0.15, -0.1) is 13.2 Å². The molecule has 3 fully saturated rings. The largest absolute Gasteiger partial charge is 0.394 e. The molecule has 4 aromatic rings. The van der Waals surface area contributed by atoms with E-state index in [0.717, 1.165) is 10.8 Å². The van der Waals surface area contributed by atoms with E-state index in [1.54, 1.807) is 22.0 Å². The van der Waals surface area contributed by atoms with Crippen molar-refractivity contribution in [2.45, 2.75) is 36.6 Å². The van der Waals surface area contributed by atoms with Gasteiger partial charge in [-0.05, 0) is 53.4 Å². The van der Waals surface area contributed by atoms with Gasteiger partial charge in [0.2, 0.25) is 11.8 Å². The van der Waals surface area contributed by atoms with Crippen LogP contribution in [0.2, 0.25) is 0 Å². The molecule has 3 heterocycles. The molecule has 0 radical (unpaired) electrons. The molecule has 0 aromatic heterocycles. The fraction of sp³-hybridized carbons (Fsp3) is 0.275. The molecule has 0 aliphatic carbocycles. The third kappa shape index (κ3) is 5.03. The molecule has 6 atom stereocenters. The highest BCUT2D eigenvalue weighted by Gasteiger charge is 2.75. The Hall–Kier alpha value is -5.05. The molecule has 3 saturated heterocycles. The molecule has 244 valence electrons. The molecule has 3 aliphatic heterocycles. The van der Waals surface area contributed by atoms with Crippen LogP contribution in [0.3, 0.4) is 0 Å². The lowest BCUT2D eigenvalue weighted by Gasteiger charge is -2.39. The summed E-state index contributed by atoms with van der Waals surface area (Å²) in [6.07, 6.45) is 3.76. The summed E-state index contributed by atoms with van der Waals surface area (Å²) in [5.41, 5.74) is 0.792. The van der Waals surface area contributed by atoms with Crippen molar-refractivity contribution < 1.29 is 24.2 Å². The highest BCUT2D eigenvalue weighted by Crippen LogP contribution is 2.60. The third-order valence-corrected chi connectivity index (χ3v) is 10.2. The maximum atomic E-state index is 15.2. The van der Waals surface area contributed by atoms with E-state index in [9.17, 15) is 14.7 Å². The SMILES string of the molecule is C=CCN(C(=O)C1N([C@H](CO)c2ccccc2)C(=O)[C@@H]2[C@@H](C(=O)N(CC=C)c3ccccc3)[C@H]3CCC12O3)c1ccc2ccccc2c1. The van der Waals surface area contributed by atoms with Crippen molar-refractivity contribution in [3.8, 4) is 0 Å². The first-order valence-corrected chi connectivity index (χ1v) is 16.5. The Morgan fingerprint density at radius 1 is 0.854 bits per heavy atom. The van der Waals surface area contributed by atoms with E-state index >= 15 is 4.79 Å². The van der Waals surface area contributed by atoms with Gasteiger partial charge in [0.25, 0.3) is 5.91 Å². The zero-order chi connectivity index (χ0) is 33.4. The second-order valence-corrected chi connectivity index (χ2v) is 12.8. The molecule has 0 saturated carbocycles. The predicted octanol–water partition coefficient (Wildman–Crippen LogP) is 5.69. The van der Waals surface area contributed by atoms with Crippen LogP contribution in [0.5, 0.6) is 0 Å². The highest BCUT2D eigenvalue weighted by molar-refractivity contribution is 6.07. The topological polar surface area (TPSA) is 90.4 Å². The Balaban J connectivity index is 1.35. The third-order valence-electron chi connectivity index (χ3n) is 10.2. The van der Waals surface area contributed by atoms with Crippen LogP contribution in [-0.4, -0.2) is 65.2 Å². The number of nitrogens with zero attached hydrogens (tertiary/aromatic N) is 3. The fourth-order valence-corrected chi connectivity index (χ4v) is 8.20. The minimum Gasteiger partial charge on any atom is -0.394 e. The van der Waals surface area contributed by atoms with Gasteiger partial charge < -0.3 is 24.5 Å². The molecule has 2 bridgehead atoms. The average Bonchev–Trinajstić information content (AvgIpc) is 3.77. The van der Waals surface area contributed by atoms with Gasteiger partial charge in [-0.2, -0.15) is 0 Å². The van der Waals surface area contributed by atoms with E-state index in [0.29, 0.717) is 29.8 Å². The second kappa shape index (κ2) is 12.9. The summed E-state index contributed by atoms with van der Waals surface area (Å²) in [7, 11) is 0. The number of likely N-dealkylation sites (tertiary alicyclic amines) is 1. The quantitative estimate of drug-likeness (QED) is 0.213. The van der Waals surface area contributed by atoms with Crippen molar-refractivity contribution in [2.75, 3.05) is 29.5 Å². The van der Waals surface area contributed by atoms with Crippen LogP contribution in [0, 0.1) is 11.8 Å². The number of hydrogen-bond donors (Lipinski definition) is 1. The number of hydrogen-bond acceptors (Lipinski definition) is 5. The molecular formula is C40H39N3O5. The number of ether oxygens (including phenoxy) is 1. The summed E-state index contributed by atoms with van der Waals surface area (Å²) in [5.74, 6) is -2.66. The lowest BCUT2D eigenvalue weighted by molar-refractivity contribution is -0.144. The number of para-hydroxylation sites is 1. The number of fused-ring (bicyclic) bond motifs is 2. The number of carbonyl (C=O) groups excluding carboxylic acids is 3. The van der Waals surface area contributed by atoms with Crippen LogP contribution >= 0.6 is 0 Å². The van der Waals surface area contributed by atoms with Crippen molar-refractivity contribution in [3.05, 3.63) is 134 Å². The van der Waals surface area contributed by atoms with Crippen LogP contribution in [-0.2, 0) is 19.1 Å².